The molecule has 1 rings (SSSR count). The summed E-state index contributed by atoms with van der Waals surface area (Å²) in [6.07, 6.45) is 4.57. The van der Waals surface area contributed by atoms with Gasteiger partial charge in [0.15, 0.2) is 0 Å². The number of ketones is 1. The largest absolute Gasteiger partial charge is 0.302 e. The number of hydrogen-bond donors (Lipinski definition) is 0. The van der Waals surface area contributed by atoms with E-state index in [1.165, 1.54) is 32.4 Å². The van der Waals surface area contributed by atoms with Gasteiger partial charge in [-0.25, -0.2) is 0 Å². The number of nitrogens with zero attached hydrogens (tertiary/aromatic N) is 1. The lowest BCUT2D eigenvalue weighted by atomic mass is 9.82. The monoisotopic (exact) mass is 239 g/mol. The predicted molar refractivity (Wildman–Crippen MR) is 73.2 cm³/mol. The molecule has 1 saturated heterocycles. The van der Waals surface area contributed by atoms with Gasteiger partial charge in [-0.15, -0.1) is 0 Å². The fraction of sp³-hybridized carbons (Fsp3) is 0.933. The molecule has 0 N–H and O–H groups in total. The normalized spacial score (nSPS) is 20.8. The van der Waals surface area contributed by atoms with Crippen LogP contribution in [0.4, 0.5) is 0 Å². The second-order valence-electron chi connectivity index (χ2n) is 6.66. The van der Waals surface area contributed by atoms with Gasteiger partial charge in [0.25, 0.3) is 0 Å². The van der Waals surface area contributed by atoms with Crippen molar-refractivity contribution in [1.29, 1.82) is 0 Å². The van der Waals surface area contributed by atoms with Gasteiger partial charge in [0, 0.05) is 24.9 Å². The molecule has 1 heterocycles. The quantitative estimate of drug-likeness (QED) is 0.732. The van der Waals surface area contributed by atoms with Crippen molar-refractivity contribution in [3.8, 4) is 0 Å². The topological polar surface area (TPSA) is 20.3 Å². The van der Waals surface area contributed by atoms with Crippen molar-refractivity contribution in [2.24, 2.45) is 10.8 Å². The van der Waals surface area contributed by atoms with E-state index >= 15 is 0 Å². The molecule has 0 aliphatic carbocycles. The zero-order valence-electron chi connectivity index (χ0n) is 12.3. The zero-order chi connectivity index (χ0) is 13.1. The summed E-state index contributed by atoms with van der Waals surface area (Å²) in [7, 11) is 0. The van der Waals surface area contributed by atoms with Crippen molar-refractivity contribution in [3.63, 3.8) is 0 Å². The Morgan fingerprint density at radius 2 is 1.82 bits per heavy atom. The van der Waals surface area contributed by atoms with Crippen molar-refractivity contribution in [2.75, 3.05) is 19.6 Å². The molecular formula is C15H29NO. The van der Waals surface area contributed by atoms with Crippen molar-refractivity contribution in [2.45, 2.75) is 60.3 Å². The molecule has 0 amide bonds. The Bertz CT molecular complexity index is 261. The summed E-state index contributed by atoms with van der Waals surface area (Å²) in [5.74, 6) is 0.392. The number of hydrogen-bond acceptors (Lipinski definition) is 2. The van der Waals surface area contributed by atoms with E-state index in [1.807, 2.05) is 20.8 Å². The van der Waals surface area contributed by atoms with E-state index in [2.05, 4.69) is 18.7 Å². The van der Waals surface area contributed by atoms with Gasteiger partial charge >= 0.3 is 0 Å². The maximum absolute atomic E-state index is 11.9. The lowest BCUT2D eigenvalue weighted by molar-refractivity contribution is -0.126. The first-order chi connectivity index (χ1) is 7.83. The maximum Gasteiger partial charge on any atom is 0.139 e. The molecule has 2 heteroatoms. The molecule has 0 spiro atoms. The Balaban J connectivity index is 2.39. The van der Waals surface area contributed by atoms with Crippen molar-refractivity contribution < 1.29 is 4.79 Å². The van der Waals surface area contributed by atoms with Crippen molar-refractivity contribution in [3.05, 3.63) is 0 Å². The minimum atomic E-state index is -0.174. The van der Waals surface area contributed by atoms with Crippen LogP contribution in [-0.4, -0.2) is 30.3 Å². The fourth-order valence-corrected chi connectivity index (χ4v) is 2.68. The molecule has 17 heavy (non-hydrogen) atoms. The molecule has 0 saturated carbocycles. The Kier molecular flexibility index (Phi) is 4.77. The molecule has 0 aromatic rings. The van der Waals surface area contributed by atoms with Crippen LogP contribution < -0.4 is 0 Å². The zero-order valence-corrected chi connectivity index (χ0v) is 12.3. The van der Waals surface area contributed by atoms with Crippen LogP contribution in [0.1, 0.15) is 60.3 Å². The van der Waals surface area contributed by atoms with Gasteiger partial charge in [0.05, 0.1) is 0 Å². The molecule has 0 bridgehead atoms. The second kappa shape index (κ2) is 5.51. The van der Waals surface area contributed by atoms with Crippen LogP contribution in [0.2, 0.25) is 0 Å². The molecule has 1 fully saturated rings. The van der Waals surface area contributed by atoms with E-state index in [0.717, 1.165) is 6.54 Å². The highest BCUT2D eigenvalue weighted by Crippen LogP contribution is 2.36. The third-order valence-electron chi connectivity index (χ3n) is 4.51. The first-order valence-corrected chi connectivity index (χ1v) is 7.08. The number of Topliss-reactive ketones (excluding diaryl/α,β-unsaturated/α-hetero) is 1. The second-order valence-corrected chi connectivity index (χ2v) is 6.66. The summed E-state index contributed by atoms with van der Waals surface area (Å²) in [6, 6.07) is 0. The summed E-state index contributed by atoms with van der Waals surface area (Å²) >= 11 is 0. The molecule has 0 atom stereocenters. The lowest BCUT2D eigenvalue weighted by Gasteiger charge is -2.27. The van der Waals surface area contributed by atoms with Crippen LogP contribution in [0.25, 0.3) is 0 Å². The molecule has 2 nitrogen and oxygen atoms in total. The average molecular weight is 239 g/mol. The van der Waals surface area contributed by atoms with Crippen molar-refractivity contribution in [1.82, 2.24) is 4.90 Å². The van der Waals surface area contributed by atoms with Crippen LogP contribution >= 0.6 is 0 Å². The van der Waals surface area contributed by atoms with Crippen LogP contribution in [-0.2, 0) is 4.79 Å². The van der Waals surface area contributed by atoms with Gasteiger partial charge in [0.2, 0.25) is 0 Å². The molecule has 100 valence electrons. The highest BCUT2D eigenvalue weighted by atomic mass is 16.1. The summed E-state index contributed by atoms with van der Waals surface area (Å²) in [4.78, 5) is 14.4. The minimum absolute atomic E-state index is 0.174. The SMILES string of the molecule is CCC1(CC)CCN(CCC(=O)C(C)(C)C)C1. The van der Waals surface area contributed by atoms with Crippen molar-refractivity contribution >= 4 is 5.78 Å². The third-order valence-corrected chi connectivity index (χ3v) is 4.51. The van der Waals surface area contributed by atoms with E-state index in [9.17, 15) is 4.79 Å². The van der Waals surface area contributed by atoms with E-state index in [0.29, 0.717) is 17.6 Å². The molecule has 0 aromatic carbocycles. The van der Waals surface area contributed by atoms with E-state index in [1.54, 1.807) is 0 Å². The number of carbonyl (C=O) groups excluding carboxylic acids is 1. The Hall–Kier alpha value is -0.370. The molecular weight excluding hydrogens is 210 g/mol. The third kappa shape index (κ3) is 3.80. The Morgan fingerprint density at radius 3 is 2.24 bits per heavy atom. The van der Waals surface area contributed by atoms with Crippen LogP contribution in [0, 0.1) is 10.8 Å². The highest BCUT2D eigenvalue weighted by Gasteiger charge is 2.35. The van der Waals surface area contributed by atoms with Gasteiger partial charge in [-0.1, -0.05) is 34.6 Å². The number of likely N-dealkylation sites (tertiary alicyclic amines) is 1. The standard InChI is InChI=1S/C15H29NO/c1-6-15(7-2)9-11-16(12-15)10-8-13(17)14(3,4)5/h6-12H2,1-5H3. The predicted octanol–water partition coefficient (Wildman–Crippen LogP) is 3.50. The highest BCUT2D eigenvalue weighted by molar-refractivity contribution is 5.83. The summed E-state index contributed by atoms with van der Waals surface area (Å²) in [5, 5.41) is 0. The first-order valence-electron chi connectivity index (χ1n) is 7.08. The minimum Gasteiger partial charge on any atom is -0.302 e. The molecule has 1 aliphatic heterocycles. The maximum atomic E-state index is 11.9. The summed E-state index contributed by atoms with van der Waals surface area (Å²) < 4.78 is 0. The van der Waals surface area contributed by atoms with Gasteiger partial charge in [-0.05, 0) is 31.2 Å². The molecule has 0 radical (unpaired) electrons. The van der Waals surface area contributed by atoms with E-state index < -0.39 is 0 Å². The lowest BCUT2D eigenvalue weighted by Crippen LogP contribution is -2.30. The van der Waals surface area contributed by atoms with Crippen LogP contribution in [0.15, 0.2) is 0 Å². The van der Waals surface area contributed by atoms with E-state index in [4.69, 9.17) is 0 Å². The fourth-order valence-electron chi connectivity index (χ4n) is 2.68. The molecule has 1 aliphatic rings. The summed E-state index contributed by atoms with van der Waals surface area (Å²) in [5.41, 5.74) is 0.358. The first kappa shape index (κ1) is 14.7. The van der Waals surface area contributed by atoms with Gasteiger partial charge in [-0.2, -0.15) is 0 Å². The molecule has 0 aromatic heterocycles. The smallest absolute Gasteiger partial charge is 0.139 e. The van der Waals surface area contributed by atoms with Crippen LogP contribution in [0.5, 0.6) is 0 Å². The average Bonchev–Trinajstić information content (AvgIpc) is 2.69. The Morgan fingerprint density at radius 1 is 1.24 bits per heavy atom. The number of carbonyl (C=O) groups is 1. The molecule has 0 unspecified atom stereocenters. The Labute approximate surface area is 107 Å². The van der Waals surface area contributed by atoms with E-state index in [-0.39, 0.29) is 5.41 Å². The van der Waals surface area contributed by atoms with Gasteiger partial charge in [0.1, 0.15) is 5.78 Å². The number of rotatable bonds is 5. The summed E-state index contributed by atoms with van der Waals surface area (Å²) in [6.45, 7) is 14.0. The van der Waals surface area contributed by atoms with Gasteiger partial charge in [-0.3, -0.25) is 4.79 Å². The van der Waals surface area contributed by atoms with Gasteiger partial charge < -0.3 is 4.90 Å². The van der Waals surface area contributed by atoms with Crippen LogP contribution in [0.3, 0.4) is 0 Å².